The van der Waals surface area contributed by atoms with Crippen LogP contribution in [0.1, 0.15) is 10.4 Å². The van der Waals surface area contributed by atoms with Crippen molar-refractivity contribution in [1.82, 2.24) is 4.90 Å². The summed E-state index contributed by atoms with van der Waals surface area (Å²) >= 11 is 5.15. The highest BCUT2D eigenvalue weighted by Gasteiger charge is 2.09. The minimum absolute atomic E-state index is 0.254. The molecule has 0 N–H and O–H groups in total. The van der Waals surface area contributed by atoms with Crippen LogP contribution in [0, 0.1) is 0 Å². The lowest BCUT2D eigenvalue weighted by Gasteiger charge is -2.14. The van der Waals surface area contributed by atoms with Crippen LogP contribution in [0.25, 0.3) is 0 Å². The zero-order valence-electron chi connectivity index (χ0n) is 10.8. The summed E-state index contributed by atoms with van der Waals surface area (Å²) in [5.41, 5.74) is 1.08. The summed E-state index contributed by atoms with van der Waals surface area (Å²) in [4.78, 5) is 15.3. The van der Waals surface area contributed by atoms with E-state index in [4.69, 9.17) is 0 Å². The van der Waals surface area contributed by atoms with Crippen molar-refractivity contribution in [1.29, 1.82) is 0 Å². The molecule has 0 atom stereocenters. The van der Waals surface area contributed by atoms with E-state index in [1.54, 1.807) is 11.3 Å². The minimum atomic E-state index is 0.254. The summed E-state index contributed by atoms with van der Waals surface area (Å²) in [6.45, 7) is 1.31. The average molecular weight is 338 g/mol. The Morgan fingerprint density at radius 2 is 2.05 bits per heavy atom. The number of thiophene rings is 1. The van der Waals surface area contributed by atoms with E-state index >= 15 is 0 Å². The van der Waals surface area contributed by atoms with Crippen molar-refractivity contribution in [3.63, 3.8) is 0 Å². The first-order valence-electron chi connectivity index (χ1n) is 6.10. The van der Waals surface area contributed by atoms with Gasteiger partial charge in [-0.15, -0.1) is 11.3 Å². The highest BCUT2D eigenvalue weighted by atomic mass is 79.9. The largest absolute Gasteiger partial charge is 0.298 e. The van der Waals surface area contributed by atoms with Crippen LogP contribution < -0.4 is 0 Å². The number of hydrogen-bond acceptors (Lipinski definition) is 3. The highest BCUT2D eigenvalue weighted by Crippen LogP contribution is 2.20. The molecule has 0 aliphatic carbocycles. The Balaban J connectivity index is 1.82. The van der Waals surface area contributed by atoms with E-state index in [1.165, 1.54) is 4.88 Å². The van der Waals surface area contributed by atoms with Gasteiger partial charge in [0.2, 0.25) is 0 Å². The van der Waals surface area contributed by atoms with Crippen LogP contribution in [0.5, 0.6) is 0 Å². The smallest absolute Gasteiger partial charge is 0.151 e. The SMILES string of the molecule is CN(CC(=O)Cc1ccccc1)Cc1cc(Br)cs1. The van der Waals surface area contributed by atoms with Gasteiger partial charge in [-0.25, -0.2) is 0 Å². The quantitative estimate of drug-likeness (QED) is 0.799. The molecule has 4 heteroatoms. The number of benzene rings is 1. The molecule has 0 unspecified atom stereocenters. The molecular weight excluding hydrogens is 322 g/mol. The summed E-state index contributed by atoms with van der Waals surface area (Å²) in [7, 11) is 1.98. The topological polar surface area (TPSA) is 20.3 Å². The first-order valence-corrected chi connectivity index (χ1v) is 7.78. The fourth-order valence-corrected chi connectivity index (χ4v) is 3.47. The lowest BCUT2D eigenvalue weighted by atomic mass is 10.1. The molecule has 0 fully saturated rings. The molecule has 0 spiro atoms. The molecule has 0 saturated carbocycles. The first kappa shape index (κ1) is 14.4. The maximum Gasteiger partial charge on any atom is 0.151 e. The second-order valence-electron chi connectivity index (χ2n) is 4.60. The van der Waals surface area contributed by atoms with Gasteiger partial charge in [-0.05, 0) is 34.6 Å². The zero-order valence-corrected chi connectivity index (χ0v) is 13.2. The Kier molecular flexibility index (Phi) is 5.31. The van der Waals surface area contributed by atoms with E-state index in [2.05, 4.69) is 32.3 Å². The number of carbonyl (C=O) groups is 1. The van der Waals surface area contributed by atoms with Gasteiger partial charge in [0.05, 0.1) is 6.54 Å². The van der Waals surface area contributed by atoms with Crippen LogP contribution in [-0.4, -0.2) is 24.3 Å². The minimum Gasteiger partial charge on any atom is -0.298 e. The highest BCUT2D eigenvalue weighted by molar-refractivity contribution is 9.10. The van der Waals surface area contributed by atoms with Crippen LogP contribution in [0.3, 0.4) is 0 Å². The van der Waals surface area contributed by atoms with E-state index < -0.39 is 0 Å². The lowest BCUT2D eigenvalue weighted by molar-refractivity contribution is -0.119. The molecule has 1 aromatic carbocycles. The number of ketones is 1. The number of rotatable bonds is 6. The third kappa shape index (κ3) is 4.90. The normalized spacial score (nSPS) is 10.9. The van der Waals surface area contributed by atoms with Crippen molar-refractivity contribution in [2.75, 3.05) is 13.6 Å². The van der Waals surface area contributed by atoms with E-state index in [0.29, 0.717) is 13.0 Å². The molecule has 1 heterocycles. The van der Waals surface area contributed by atoms with Crippen molar-refractivity contribution in [3.8, 4) is 0 Å². The summed E-state index contributed by atoms with van der Waals surface area (Å²) in [6, 6.07) is 12.0. The van der Waals surface area contributed by atoms with Crippen molar-refractivity contribution in [2.45, 2.75) is 13.0 Å². The van der Waals surface area contributed by atoms with Crippen LogP contribution in [0.2, 0.25) is 0 Å². The number of nitrogens with zero attached hydrogens (tertiary/aromatic N) is 1. The van der Waals surface area contributed by atoms with E-state index in [-0.39, 0.29) is 5.78 Å². The molecule has 0 aliphatic heterocycles. The van der Waals surface area contributed by atoms with E-state index in [9.17, 15) is 4.79 Å². The molecule has 0 saturated heterocycles. The predicted molar refractivity (Wildman–Crippen MR) is 83.5 cm³/mol. The number of Topliss-reactive ketones (excluding diaryl/α,β-unsaturated/α-hetero) is 1. The summed E-state index contributed by atoms with van der Waals surface area (Å²) in [5, 5.41) is 2.06. The molecule has 100 valence electrons. The first-order chi connectivity index (χ1) is 9.13. The summed E-state index contributed by atoms with van der Waals surface area (Å²) in [5.74, 6) is 0.254. The van der Waals surface area contributed by atoms with Gasteiger partial charge in [0.25, 0.3) is 0 Å². The maximum atomic E-state index is 12.0. The fraction of sp³-hybridized carbons (Fsp3) is 0.267. The summed E-state index contributed by atoms with van der Waals surface area (Å²) < 4.78 is 1.11. The van der Waals surface area contributed by atoms with Gasteiger partial charge in [-0.1, -0.05) is 30.3 Å². The standard InChI is InChI=1S/C15H16BrNOS/c1-17(10-15-8-13(16)11-19-15)9-14(18)7-12-5-3-2-4-6-12/h2-6,8,11H,7,9-10H2,1H3. The second kappa shape index (κ2) is 6.98. The van der Waals surface area contributed by atoms with Crippen LogP contribution in [0.15, 0.2) is 46.3 Å². The number of likely N-dealkylation sites (N-methyl/N-ethyl adjacent to an activating group) is 1. The average Bonchev–Trinajstić information content (AvgIpc) is 2.75. The van der Waals surface area contributed by atoms with Gasteiger partial charge in [0.15, 0.2) is 5.78 Å². The van der Waals surface area contributed by atoms with Gasteiger partial charge in [-0.2, -0.15) is 0 Å². The number of hydrogen-bond donors (Lipinski definition) is 0. The van der Waals surface area contributed by atoms with Crippen LogP contribution >= 0.6 is 27.3 Å². The fourth-order valence-electron chi connectivity index (χ4n) is 1.94. The molecule has 2 nitrogen and oxygen atoms in total. The van der Waals surface area contributed by atoms with Gasteiger partial charge >= 0.3 is 0 Å². The van der Waals surface area contributed by atoms with Crippen LogP contribution in [-0.2, 0) is 17.8 Å². The Labute approximate surface area is 126 Å². The molecule has 2 aromatic rings. The molecule has 0 bridgehead atoms. The molecule has 2 rings (SSSR count). The van der Waals surface area contributed by atoms with E-state index in [0.717, 1.165) is 16.6 Å². The lowest BCUT2D eigenvalue weighted by Crippen LogP contribution is -2.26. The Bertz CT molecular complexity index is 538. The predicted octanol–water partition coefficient (Wildman–Crippen LogP) is 3.75. The van der Waals surface area contributed by atoms with Gasteiger partial charge < -0.3 is 0 Å². The number of halogens is 1. The Morgan fingerprint density at radius 1 is 1.32 bits per heavy atom. The third-order valence-electron chi connectivity index (χ3n) is 2.74. The van der Waals surface area contributed by atoms with E-state index in [1.807, 2.05) is 37.4 Å². The Morgan fingerprint density at radius 3 is 2.68 bits per heavy atom. The monoisotopic (exact) mass is 337 g/mol. The van der Waals surface area contributed by atoms with Gasteiger partial charge in [0.1, 0.15) is 0 Å². The molecule has 0 aliphatic rings. The third-order valence-corrected chi connectivity index (χ3v) is 4.42. The zero-order chi connectivity index (χ0) is 13.7. The van der Waals surface area contributed by atoms with Gasteiger partial charge in [0, 0.05) is 27.7 Å². The van der Waals surface area contributed by atoms with Crippen molar-refractivity contribution in [3.05, 3.63) is 56.7 Å². The molecule has 0 radical (unpaired) electrons. The maximum absolute atomic E-state index is 12.0. The van der Waals surface area contributed by atoms with Crippen LogP contribution in [0.4, 0.5) is 0 Å². The molecule has 0 amide bonds. The van der Waals surface area contributed by atoms with Crippen molar-refractivity contribution >= 4 is 33.0 Å². The second-order valence-corrected chi connectivity index (χ2v) is 6.52. The molecular formula is C15H16BrNOS. The number of carbonyl (C=O) groups excluding carboxylic acids is 1. The van der Waals surface area contributed by atoms with Crippen molar-refractivity contribution < 1.29 is 4.79 Å². The van der Waals surface area contributed by atoms with Crippen molar-refractivity contribution in [2.24, 2.45) is 0 Å². The summed E-state index contributed by atoms with van der Waals surface area (Å²) in [6.07, 6.45) is 0.513. The molecule has 1 aromatic heterocycles. The molecule has 19 heavy (non-hydrogen) atoms. The Hall–Kier alpha value is -0.970. The van der Waals surface area contributed by atoms with Gasteiger partial charge in [-0.3, -0.25) is 9.69 Å².